The lowest BCUT2D eigenvalue weighted by atomic mass is 9.96. The van der Waals surface area contributed by atoms with Crippen LogP contribution in [0.1, 0.15) is 40.9 Å². The van der Waals surface area contributed by atoms with Crippen LogP contribution in [0.5, 0.6) is 0 Å². The SMILES string of the molecule is Cc1cc(NC(=O)C2(NC(=O)c3ccc(Br)s3)CCOC2)ccc1N1CCCCC1=NC#N. The molecule has 0 aliphatic carbocycles. The van der Waals surface area contributed by atoms with Gasteiger partial charge < -0.3 is 20.3 Å². The highest BCUT2D eigenvalue weighted by molar-refractivity contribution is 9.11. The van der Waals surface area contributed by atoms with Crippen molar-refractivity contribution in [3.05, 3.63) is 44.6 Å². The van der Waals surface area contributed by atoms with Crippen LogP contribution in [0.3, 0.4) is 0 Å². The molecule has 10 heteroatoms. The predicted octanol–water partition coefficient (Wildman–Crippen LogP) is 4.22. The van der Waals surface area contributed by atoms with E-state index in [1.165, 1.54) is 11.3 Å². The number of benzene rings is 1. The van der Waals surface area contributed by atoms with Gasteiger partial charge in [-0.25, -0.2) is 0 Å². The van der Waals surface area contributed by atoms with E-state index < -0.39 is 5.54 Å². The van der Waals surface area contributed by atoms with Crippen LogP contribution in [0.2, 0.25) is 0 Å². The fourth-order valence-electron chi connectivity index (χ4n) is 4.15. The molecule has 3 heterocycles. The van der Waals surface area contributed by atoms with Crippen molar-refractivity contribution in [3.8, 4) is 6.19 Å². The Morgan fingerprint density at radius 2 is 2.15 bits per heavy atom. The van der Waals surface area contributed by atoms with Crippen LogP contribution in [0.4, 0.5) is 11.4 Å². The Morgan fingerprint density at radius 1 is 1.30 bits per heavy atom. The van der Waals surface area contributed by atoms with Crippen molar-refractivity contribution in [2.75, 3.05) is 30.0 Å². The molecule has 1 atom stereocenters. The van der Waals surface area contributed by atoms with Gasteiger partial charge in [0.05, 0.1) is 15.3 Å². The first-order valence-corrected chi connectivity index (χ1v) is 12.3. The second kappa shape index (κ2) is 10.0. The third-order valence-corrected chi connectivity index (χ3v) is 7.50. The normalized spacial score (nSPS) is 21.6. The molecule has 2 saturated heterocycles. The Labute approximate surface area is 204 Å². The molecule has 4 rings (SSSR count). The topological polar surface area (TPSA) is 107 Å². The summed E-state index contributed by atoms with van der Waals surface area (Å²) < 4.78 is 6.34. The highest BCUT2D eigenvalue weighted by Gasteiger charge is 2.44. The van der Waals surface area contributed by atoms with Gasteiger partial charge in [-0.3, -0.25) is 9.59 Å². The summed E-state index contributed by atoms with van der Waals surface area (Å²) in [4.78, 5) is 32.6. The van der Waals surface area contributed by atoms with Crippen LogP contribution in [0.25, 0.3) is 0 Å². The van der Waals surface area contributed by atoms with E-state index in [0.29, 0.717) is 23.6 Å². The third-order valence-electron chi connectivity index (χ3n) is 5.87. The number of thiophene rings is 1. The van der Waals surface area contributed by atoms with E-state index in [1.807, 2.05) is 31.3 Å². The summed E-state index contributed by atoms with van der Waals surface area (Å²) in [5.41, 5.74) is 1.44. The molecule has 2 amide bonds. The number of nitrogens with one attached hydrogen (secondary N) is 2. The fraction of sp³-hybridized carbons (Fsp3) is 0.391. The van der Waals surface area contributed by atoms with Gasteiger partial charge in [0.1, 0.15) is 11.4 Å². The minimum atomic E-state index is -1.13. The number of hydrogen-bond acceptors (Lipinski definition) is 6. The summed E-state index contributed by atoms with van der Waals surface area (Å²) in [5.74, 6) is 0.168. The maximum absolute atomic E-state index is 13.3. The molecule has 2 aromatic rings. The molecule has 2 N–H and O–H groups in total. The molecule has 33 heavy (non-hydrogen) atoms. The number of halogens is 1. The van der Waals surface area contributed by atoms with Crippen LogP contribution in [0.15, 0.2) is 39.1 Å². The quantitative estimate of drug-likeness (QED) is 0.564. The minimum Gasteiger partial charge on any atom is -0.378 e. The summed E-state index contributed by atoms with van der Waals surface area (Å²) in [5, 5.41) is 14.9. The molecule has 0 bridgehead atoms. The highest BCUT2D eigenvalue weighted by atomic mass is 79.9. The third kappa shape index (κ3) is 5.11. The largest absolute Gasteiger partial charge is 0.378 e. The second-order valence-corrected chi connectivity index (χ2v) is 10.6. The second-order valence-electron chi connectivity index (χ2n) is 8.13. The van der Waals surface area contributed by atoms with Gasteiger partial charge in [0.15, 0.2) is 0 Å². The lowest BCUT2D eigenvalue weighted by Crippen LogP contribution is -2.57. The van der Waals surface area contributed by atoms with E-state index >= 15 is 0 Å². The number of anilines is 2. The molecule has 2 aliphatic rings. The summed E-state index contributed by atoms with van der Waals surface area (Å²) in [6.45, 7) is 3.29. The zero-order chi connectivity index (χ0) is 23.4. The van der Waals surface area contributed by atoms with Crippen molar-refractivity contribution in [2.24, 2.45) is 4.99 Å². The van der Waals surface area contributed by atoms with Gasteiger partial charge in [-0.05, 0) is 71.6 Å². The molecule has 0 spiro atoms. The lowest BCUT2D eigenvalue weighted by Gasteiger charge is -2.31. The van der Waals surface area contributed by atoms with Crippen LogP contribution in [0, 0.1) is 18.4 Å². The van der Waals surface area contributed by atoms with E-state index in [4.69, 9.17) is 10.00 Å². The number of nitriles is 1. The number of rotatable bonds is 5. The number of carbonyl (C=O) groups excluding carboxylic acids is 2. The van der Waals surface area contributed by atoms with Crippen molar-refractivity contribution in [3.63, 3.8) is 0 Å². The number of nitrogens with zero attached hydrogens (tertiary/aromatic N) is 3. The summed E-state index contributed by atoms with van der Waals surface area (Å²) in [6, 6.07) is 9.19. The Bertz CT molecular complexity index is 1130. The van der Waals surface area contributed by atoms with Crippen molar-refractivity contribution in [2.45, 2.75) is 38.1 Å². The number of amides is 2. The zero-order valence-corrected chi connectivity index (χ0v) is 20.6. The highest BCUT2D eigenvalue weighted by Crippen LogP contribution is 2.29. The molecule has 8 nitrogen and oxygen atoms in total. The number of amidine groups is 1. The number of carbonyl (C=O) groups is 2. The van der Waals surface area contributed by atoms with Gasteiger partial charge in [-0.15, -0.1) is 11.3 Å². The van der Waals surface area contributed by atoms with Gasteiger partial charge in [0.25, 0.3) is 11.8 Å². The monoisotopic (exact) mass is 529 g/mol. The average Bonchev–Trinajstić information content (AvgIpc) is 3.45. The Balaban J connectivity index is 1.51. The molecule has 1 aromatic heterocycles. The first-order valence-electron chi connectivity index (χ1n) is 10.7. The molecule has 0 radical (unpaired) electrons. The van der Waals surface area contributed by atoms with Crippen LogP contribution >= 0.6 is 27.3 Å². The van der Waals surface area contributed by atoms with Gasteiger partial charge in [-0.1, -0.05) is 0 Å². The number of hydrogen-bond donors (Lipinski definition) is 2. The smallest absolute Gasteiger partial charge is 0.262 e. The van der Waals surface area contributed by atoms with Crippen molar-refractivity contribution in [1.82, 2.24) is 5.32 Å². The molecular weight excluding hydrogens is 506 g/mol. The number of aliphatic imine (C=N–C) groups is 1. The van der Waals surface area contributed by atoms with Gasteiger partial charge in [0, 0.05) is 37.4 Å². The number of ether oxygens (including phenoxy) is 1. The maximum atomic E-state index is 13.3. The number of piperidine rings is 1. The molecular formula is C23H24BrN5O3S. The summed E-state index contributed by atoms with van der Waals surface area (Å²) >= 11 is 4.67. The van der Waals surface area contributed by atoms with E-state index in [9.17, 15) is 9.59 Å². The summed E-state index contributed by atoms with van der Waals surface area (Å²) in [7, 11) is 0. The first kappa shape index (κ1) is 23.4. The van der Waals surface area contributed by atoms with Crippen LogP contribution < -0.4 is 15.5 Å². The van der Waals surface area contributed by atoms with Crippen LogP contribution in [-0.4, -0.2) is 42.9 Å². The lowest BCUT2D eigenvalue weighted by molar-refractivity contribution is -0.122. The molecule has 2 fully saturated rings. The predicted molar refractivity (Wildman–Crippen MR) is 132 cm³/mol. The molecule has 0 saturated carbocycles. The average molecular weight is 530 g/mol. The summed E-state index contributed by atoms with van der Waals surface area (Å²) in [6.07, 6.45) is 5.12. The van der Waals surface area contributed by atoms with Gasteiger partial charge >= 0.3 is 0 Å². The molecule has 1 aromatic carbocycles. The molecule has 2 aliphatic heterocycles. The van der Waals surface area contributed by atoms with E-state index in [1.54, 1.807) is 12.1 Å². The van der Waals surface area contributed by atoms with E-state index in [0.717, 1.165) is 46.7 Å². The number of aryl methyl sites for hydroxylation is 1. The van der Waals surface area contributed by atoms with Crippen LogP contribution in [-0.2, 0) is 9.53 Å². The Hall–Kier alpha value is -2.74. The minimum absolute atomic E-state index is 0.121. The fourth-order valence-corrected chi connectivity index (χ4v) is 5.43. The van der Waals surface area contributed by atoms with Gasteiger partial charge in [0.2, 0.25) is 6.19 Å². The Morgan fingerprint density at radius 3 is 2.82 bits per heavy atom. The van der Waals surface area contributed by atoms with E-state index in [2.05, 4.69) is 36.5 Å². The van der Waals surface area contributed by atoms with Crippen molar-refractivity contribution in [1.29, 1.82) is 5.26 Å². The van der Waals surface area contributed by atoms with Crippen molar-refractivity contribution < 1.29 is 14.3 Å². The van der Waals surface area contributed by atoms with Crippen molar-refractivity contribution >= 4 is 56.3 Å². The Kier molecular flexibility index (Phi) is 7.12. The maximum Gasteiger partial charge on any atom is 0.262 e. The first-order chi connectivity index (χ1) is 15.9. The van der Waals surface area contributed by atoms with Gasteiger partial charge in [-0.2, -0.15) is 10.3 Å². The standard InChI is InChI=1S/C23H24BrN5O3S/c1-15-12-16(5-6-17(15)29-10-3-2-4-20(29)26-14-25)27-22(31)23(9-11-32-13-23)28-21(30)18-7-8-19(24)33-18/h5-8,12H,2-4,9-11,13H2,1H3,(H,27,31)(H,28,30). The molecule has 1 unspecified atom stereocenters. The van der Waals surface area contributed by atoms with E-state index in [-0.39, 0.29) is 18.4 Å². The zero-order valence-electron chi connectivity index (χ0n) is 18.2. The molecule has 172 valence electrons.